The second kappa shape index (κ2) is 7.34. The number of hydrogen-bond acceptors (Lipinski definition) is 3. The summed E-state index contributed by atoms with van der Waals surface area (Å²) in [4.78, 5) is 19.3. The summed E-state index contributed by atoms with van der Waals surface area (Å²) in [6.07, 6.45) is 4.16. The van der Waals surface area contributed by atoms with Crippen molar-refractivity contribution >= 4 is 33.3 Å². The highest BCUT2D eigenvalue weighted by molar-refractivity contribution is 9.10. The van der Waals surface area contributed by atoms with Gasteiger partial charge in [0.2, 0.25) is 0 Å². The third-order valence-electron chi connectivity index (χ3n) is 4.43. The Morgan fingerprint density at radius 2 is 2.17 bits per heavy atom. The quantitative estimate of drug-likeness (QED) is 0.833. The molecule has 1 aromatic carbocycles. The number of halogens is 1. The Morgan fingerprint density at radius 1 is 1.33 bits per heavy atom. The molecule has 2 heterocycles. The summed E-state index contributed by atoms with van der Waals surface area (Å²) in [6.45, 7) is 6.25. The van der Waals surface area contributed by atoms with Crippen molar-refractivity contribution in [3.63, 3.8) is 0 Å². The fourth-order valence-corrected chi connectivity index (χ4v) is 3.57. The molecule has 5 heteroatoms. The number of piperidine rings is 1. The summed E-state index contributed by atoms with van der Waals surface area (Å²) in [7, 11) is 0. The molecule has 1 atom stereocenters. The number of pyridine rings is 1. The van der Waals surface area contributed by atoms with Crippen molar-refractivity contribution in [1.82, 2.24) is 4.98 Å². The number of benzene rings is 1. The van der Waals surface area contributed by atoms with Crippen LogP contribution in [0.25, 0.3) is 0 Å². The Labute approximate surface area is 151 Å². The number of amides is 1. The Hall–Kier alpha value is -1.88. The van der Waals surface area contributed by atoms with Gasteiger partial charge in [0.15, 0.2) is 0 Å². The van der Waals surface area contributed by atoms with Crippen LogP contribution in [0.5, 0.6) is 0 Å². The lowest BCUT2D eigenvalue weighted by Crippen LogP contribution is -2.34. The van der Waals surface area contributed by atoms with E-state index in [-0.39, 0.29) is 5.91 Å². The predicted molar refractivity (Wildman–Crippen MR) is 102 cm³/mol. The molecule has 126 valence electrons. The zero-order valence-corrected chi connectivity index (χ0v) is 15.6. The molecule has 1 unspecified atom stereocenters. The van der Waals surface area contributed by atoms with E-state index in [2.05, 4.69) is 38.1 Å². The first-order chi connectivity index (χ1) is 11.5. The summed E-state index contributed by atoms with van der Waals surface area (Å²) in [6, 6.07) is 9.48. The molecule has 0 spiro atoms. The smallest absolute Gasteiger partial charge is 0.255 e. The second-order valence-corrected chi connectivity index (χ2v) is 7.43. The molecule has 3 rings (SSSR count). The number of carbonyl (C=O) groups excluding carboxylic acids is 1. The predicted octanol–water partition coefficient (Wildman–Crippen LogP) is 4.64. The fourth-order valence-electron chi connectivity index (χ4n) is 3.09. The lowest BCUT2D eigenvalue weighted by atomic mass is 10.0. The van der Waals surface area contributed by atoms with Crippen molar-refractivity contribution in [2.45, 2.75) is 26.7 Å². The van der Waals surface area contributed by atoms with Crippen molar-refractivity contribution in [2.75, 3.05) is 23.3 Å². The molecule has 1 aliphatic rings. The number of nitrogens with one attached hydrogen (secondary N) is 1. The van der Waals surface area contributed by atoms with Gasteiger partial charge >= 0.3 is 0 Å². The number of aryl methyl sites for hydroxylation is 1. The minimum Gasteiger partial charge on any atom is -0.356 e. The van der Waals surface area contributed by atoms with Crippen molar-refractivity contribution in [1.29, 1.82) is 0 Å². The Morgan fingerprint density at radius 3 is 2.92 bits per heavy atom. The summed E-state index contributed by atoms with van der Waals surface area (Å²) in [5.74, 6) is 1.46. The number of anilines is 2. The second-order valence-electron chi connectivity index (χ2n) is 6.51. The largest absolute Gasteiger partial charge is 0.356 e. The number of aromatic nitrogens is 1. The van der Waals surface area contributed by atoms with Crippen LogP contribution in [-0.4, -0.2) is 24.0 Å². The molecule has 1 amide bonds. The van der Waals surface area contributed by atoms with E-state index >= 15 is 0 Å². The zero-order valence-electron chi connectivity index (χ0n) is 14.1. The van der Waals surface area contributed by atoms with E-state index in [1.807, 2.05) is 31.2 Å². The van der Waals surface area contributed by atoms with E-state index in [0.29, 0.717) is 11.5 Å². The zero-order chi connectivity index (χ0) is 17.1. The van der Waals surface area contributed by atoms with Crippen LogP contribution in [0.3, 0.4) is 0 Å². The van der Waals surface area contributed by atoms with Crippen molar-refractivity contribution < 1.29 is 4.79 Å². The Kier molecular flexibility index (Phi) is 5.19. The van der Waals surface area contributed by atoms with Crippen LogP contribution in [-0.2, 0) is 0 Å². The highest BCUT2D eigenvalue weighted by Gasteiger charge is 2.18. The number of hydrogen-bond donors (Lipinski definition) is 1. The van der Waals surface area contributed by atoms with Crippen molar-refractivity contribution in [3.05, 3.63) is 52.1 Å². The van der Waals surface area contributed by atoms with Gasteiger partial charge in [-0.05, 0) is 61.6 Å². The van der Waals surface area contributed by atoms with Gasteiger partial charge in [-0.15, -0.1) is 0 Å². The average Bonchev–Trinajstić information content (AvgIpc) is 2.57. The van der Waals surface area contributed by atoms with Crippen LogP contribution >= 0.6 is 15.9 Å². The van der Waals surface area contributed by atoms with Crippen LogP contribution in [0.4, 0.5) is 11.5 Å². The van der Waals surface area contributed by atoms with Gasteiger partial charge in [0.1, 0.15) is 5.82 Å². The third kappa shape index (κ3) is 3.96. The van der Waals surface area contributed by atoms with Crippen molar-refractivity contribution in [3.8, 4) is 0 Å². The Bertz CT molecular complexity index is 747. The average molecular weight is 388 g/mol. The molecule has 1 saturated heterocycles. The molecule has 0 radical (unpaired) electrons. The molecule has 0 saturated carbocycles. The molecule has 4 nitrogen and oxygen atoms in total. The van der Waals surface area contributed by atoms with Gasteiger partial charge in [-0.25, -0.2) is 4.98 Å². The summed E-state index contributed by atoms with van der Waals surface area (Å²) in [5, 5.41) is 2.99. The number of nitrogens with zero attached hydrogens (tertiary/aromatic N) is 2. The van der Waals surface area contributed by atoms with Crippen LogP contribution < -0.4 is 10.2 Å². The van der Waals surface area contributed by atoms with Crippen molar-refractivity contribution in [2.24, 2.45) is 5.92 Å². The van der Waals surface area contributed by atoms with E-state index in [9.17, 15) is 4.79 Å². The summed E-state index contributed by atoms with van der Waals surface area (Å²) in [5.41, 5.74) is 2.49. The molecule has 2 aromatic rings. The first-order valence-electron chi connectivity index (χ1n) is 8.31. The van der Waals surface area contributed by atoms with E-state index in [0.717, 1.165) is 34.6 Å². The van der Waals surface area contributed by atoms with Gasteiger partial charge in [-0.1, -0.05) is 22.9 Å². The minimum atomic E-state index is -0.103. The molecule has 1 aliphatic heterocycles. The lowest BCUT2D eigenvalue weighted by Gasteiger charge is -2.31. The van der Waals surface area contributed by atoms with Gasteiger partial charge in [0.25, 0.3) is 5.91 Å². The maximum atomic E-state index is 12.6. The maximum Gasteiger partial charge on any atom is 0.255 e. The van der Waals surface area contributed by atoms with Gasteiger partial charge in [-0.3, -0.25) is 4.79 Å². The van der Waals surface area contributed by atoms with Crippen LogP contribution in [0, 0.1) is 12.8 Å². The van der Waals surface area contributed by atoms with Gasteiger partial charge < -0.3 is 10.2 Å². The normalized spacial score (nSPS) is 17.6. The monoisotopic (exact) mass is 387 g/mol. The highest BCUT2D eigenvalue weighted by Crippen LogP contribution is 2.23. The first-order valence-corrected chi connectivity index (χ1v) is 9.11. The third-order valence-corrected chi connectivity index (χ3v) is 4.92. The van der Waals surface area contributed by atoms with E-state index in [1.165, 1.54) is 12.8 Å². The molecular weight excluding hydrogens is 366 g/mol. The molecule has 0 bridgehead atoms. The van der Waals surface area contributed by atoms with Gasteiger partial charge in [-0.2, -0.15) is 0 Å². The van der Waals surface area contributed by atoms with Crippen LogP contribution in [0.1, 0.15) is 35.7 Å². The highest BCUT2D eigenvalue weighted by atomic mass is 79.9. The molecule has 0 aliphatic carbocycles. The van der Waals surface area contributed by atoms with E-state index in [4.69, 9.17) is 0 Å². The van der Waals surface area contributed by atoms with Crippen LogP contribution in [0.2, 0.25) is 0 Å². The fraction of sp³-hybridized carbons (Fsp3) is 0.368. The van der Waals surface area contributed by atoms with Gasteiger partial charge in [0.05, 0.1) is 0 Å². The number of rotatable bonds is 3. The lowest BCUT2D eigenvalue weighted by molar-refractivity contribution is 0.102. The summed E-state index contributed by atoms with van der Waals surface area (Å²) >= 11 is 3.44. The van der Waals surface area contributed by atoms with Gasteiger partial charge in [0, 0.05) is 35.0 Å². The van der Waals surface area contributed by atoms with Crippen LogP contribution in [0.15, 0.2) is 41.0 Å². The molecule has 1 N–H and O–H groups in total. The first kappa shape index (κ1) is 17.0. The maximum absolute atomic E-state index is 12.6. The number of carbonyl (C=O) groups is 1. The van der Waals surface area contributed by atoms with E-state index in [1.54, 1.807) is 12.3 Å². The molecule has 1 aromatic heterocycles. The standard InChI is InChI=1S/C19H22BrN3O/c1-13-4-3-9-23(12-13)18-11-15(7-8-21-18)19(24)22-17-6-5-16(20)10-14(17)2/h5-8,10-11,13H,3-4,9,12H2,1-2H3,(H,22,24). The van der Waals surface area contributed by atoms with E-state index < -0.39 is 0 Å². The summed E-state index contributed by atoms with van der Waals surface area (Å²) < 4.78 is 1.00. The Balaban J connectivity index is 1.76. The minimum absolute atomic E-state index is 0.103. The molecular formula is C19H22BrN3O. The SMILES string of the molecule is Cc1cc(Br)ccc1NC(=O)c1ccnc(N2CCCC(C)C2)c1. The molecule has 1 fully saturated rings. The molecule has 24 heavy (non-hydrogen) atoms. The topological polar surface area (TPSA) is 45.2 Å².